The maximum atomic E-state index is 11.2. The lowest BCUT2D eigenvalue weighted by molar-refractivity contribution is -0.393. The predicted octanol–water partition coefficient (Wildman–Crippen LogP) is 2.99. The molecular formula is C16H16N4O6. The van der Waals surface area contributed by atoms with Gasteiger partial charge in [-0.15, -0.1) is 0 Å². The van der Waals surface area contributed by atoms with Crippen molar-refractivity contribution in [2.75, 3.05) is 26.3 Å². The highest BCUT2D eigenvalue weighted by Gasteiger charge is 2.21. The summed E-state index contributed by atoms with van der Waals surface area (Å²) in [5.41, 5.74) is -0.0780. The first-order chi connectivity index (χ1) is 12.4. The second-order valence-corrected chi connectivity index (χ2v) is 5.06. The van der Waals surface area contributed by atoms with Crippen LogP contribution in [0.1, 0.15) is 5.56 Å². The van der Waals surface area contributed by atoms with Crippen LogP contribution in [0.4, 0.5) is 17.1 Å². The number of nitro benzene ring substituents is 2. The fourth-order valence-electron chi connectivity index (χ4n) is 2.20. The smallest absolute Gasteiger partial charge is 0.301 e. The van der Waals surface area contributed by atoms with Crippen molar-refractivity contribution in [2.45, 2.75) is 0 Å². The van der Waals surface area contributed by atoms with E-state index < -0.39 is 15.5 Å². The van der Waals surface area contributed by atoms with Gasteiger partial charge in [-0.25, -0.2) is 0 Å². The van der Waals surface area contributed by atoms with Crippen molar-refractivity contribution in [2.24, 2.45) is 5.10 Å². The Bertz CT molecular complexity index is 868. The molecule has 10 nitrogen and oxygen atoms in total. The third-order valence-corrected chi connectivity index (χ3v) is 3.52. The molecule has 2 aromatic carbocycles. The second-order valence-electron chi connectivity index (χ2n) is 5.06. The predicted molar refractivity (Wildman–Crippen MR) is 95.3 cm³/mol. The Labute approximate surface area is 148 Å². The molecule has 0 unspecified atom stereocenters. The molecule has 2 aromatic rings. The van der Waals surface area contributed by atoms with Crippen LogP contribution in [-0.2, 0) is 0 Å². The lowest BCUT2D eigenvalue weighted by Crippen LogP contribution is -2.11. The molecule has 0 spiro atoms. The van der Waals surface area contributed by atoms with Gasteiger partial charge in [0.2, 0.25) is 0 Å². The van der Waals surface area contributed by atoms with E-state index in [4.69, 9.17) is 9.47 Å². The standard InChI is InChI=1S/C16H16N4O6/c1-18(14-6-4-12(19(21)22)9-15(14)20(23)24)17-10-11-8-13(25-2)5-7-16(11)26-3/h4-10H,1-3H3/b17-10-. The molecular weight excluding hydrogens is 344 g/mol. The maximum absolute atomic E-state index is 11.2. The number of benzene rings is 2. The Kier molecular flexibility index (Phi) is 5.68. The highest BCUT2D eigenvalue weighted by atomic mass is 16.6. The minimum absolute atomic E-state index is 0.110. The molecule has 0 aliphatic carbocycles. The fourth-order valence-corrected chi connectivity index (χ4v) is 2.20. The van der Waals surface area contributed by atoms with Gasteiger partial charge in [-0.3, -0.25) is 25.2 Å². The number of ether oxygens (including phenoxy) is 2. The maximum Gasteiger partial charge on any atom is 0.301 e. The van der Waals surface area contributed by atoms with Gasteiger partial charge in [0, 0.05) is 18.7 Å². The summed E-state index contributed by atoms with van der Waals surface area (Å²) in [7, 11) is 4.52. The van der Waals surface area contributed by atoms with Gasteiger partial charge in [0.1, 0.15) is 17.2 Å². The summed E-state index contributed by atoms with van der Waals surface area (Å²) < 4.78 is 10.4. The number of hydrogen-bond acceptors (Lipinski definition) is 8. The molecule has 0 radical (unpaired) electrons. The quantitative estimate of drug-likeness (QED) is 0.423. The van der Waals surface area contributed by atoms with Crippen LogP contribution < -0.4 is 14.5 Å². The normalized spacial score (nSPS) is 10.6. The number of methoxy groups -OCH3 is 2. The molecule has 0 N–H and O–H groups in total. The average Bonchev–Trinajstić information content (AvgIpc) is 2.65. The number of hydrogen-bond donors (Lipinski definition) is 0. The number of anilines is 1. The monoisotopic (exact) mass is 360 g/mol. The minimum Gasteiger partial charge on any atom is -0.497 e. The van der Waals surface area contributed by atoms with Gasteiger partial charge in [-0.2, -0.15) is 5.10 Å². The molecule has 0 aliphatic heterocycles. The Morgan fingerprint density at radius 2 is 1.77 bits per heavy atom. The first kappa shape index (κ1) is 18.6. The molecule has 0 aromatic heterocycles. The number of nitro groups is 2. The van der Waals surface area contributed by atoms with Gasteiger partial charge < -0.3 is 9.47 Å². The van der Waals surface area contributed by atoms with Crippen molar-refractivity contribution in [3.8, 4) is 11.5 Å². The minimum atomic E-state index is -0.694. The van der Waals surface area contributed by atoms with Crippen LogP contribution in [0.3, 0.4) is 0 Å². The molecule has 0 saturated carbocycles. The zero-order chi connectivity index (χ0) is 19.3. The van der Waals surface area contributed by atoms with Crippen LogP contribution in [0.2, 0.25) is 0 Å². The number of hydrazone groups is 1. The van der Waals surface area contributed by atoms with Crippen molar-refractivity contribution in [3.05, 3.63) is 62.2 Å². The van der Waals surface area contributed by atoms with Gasteiger partial charge in [-0.1, -0.05) is 0 Å². The molecule has 0 saturated heterocycles. The summed E-state index contributed by atoms with van der Waals surface area (Å²) in [4.78, 5) is 20.7. The van der Waals surface area contributed by atoms with Gasteiger partial charge in [0.05, 0.1) is 36.3 Å². The van der Waals surface area contributed by atoms with Crippen LogP contribution in [-0.4, -0.2) is 37.3 Å². The van der Waals surface area contributed by atoms with E-state index in [0.717, 1.165) is 6.07 Å². The number of rotatable bonds is 7. The van der Waals surface area contributed by atoms with Crippen molar-refractivity contribution in [3.63, 3.8) is 0 Å². The number of nitrogens with zero attached hydrogens (tertiary/aromatic N) is 4. The summed E-state index contributed by atoms with van der Waals surface area (Å²) in [5.74, 6) is 1.14. The van der Waals surface area contributed by atoms with Crippen molar-refractivity contribution < 1.29 is 19.3 Å². The van der Waals surface area contributed by atoms with E-state index in [1.54, 1.807) is 18.2 Å². The highest BCUT2D eigenvalue weighted by Crippen LogP contribution is 2.31. The van der Waals surface area contributed by atoms with Crippen molar-refractivity contribution >= 4 is 23.3 Å². The lowest BCUT2D eigenvalue weighted by Gasteiger charge is -2.13. The molecule has 0 aliphatic rings. The van der Waals surface area contributed by atoms with Gasteiger partial charge in [0.25, 0.3) is 5.69 Å². The van der Waals surface area contributed by atoms with E-state index in [9.17, 15) is 20.2 Å². The zero-order valence-corrected chi connectivity index (χ0v) is 14.3. The van der Waals surface area contributed by atoms with Gasteiger partial charge >= 0.3 is 5.69 Å². The molecule has 0 atom stereocenters. The number of non-ortho nitro benzene ring substituents is 1. The molecule has 0 fully saturated rings. The van der Waals surface area contributed by atoms with E-state index in [2.05, 4.69) is 5.10 Å². The van der Waals surface area contributed by atoms with E-state index in [0.29, 0.717) is 17.1 Å². The SMILES string of the molecule is COc1ccc(OC)c(/C=N\N(C)c2ccc([N+](=O)[O-])cc2[N+](=O)[O-])c1. The van der Waals surface area contributed by atoms with E-state index in [-0.39, 0.29) is 11.4 Å². The molecule has 136 valence electrons. The van der Waals surface area contributed by atoms with E-state index in [1.807, 2.05) is 0 Å². The molecule has 2 rings (SSSR count). The molecule has 0 heterocycles. The molecule has 0 bridgehead atoms. The van der Waals surface area contributed by atoms with Gasteiger partial charge in [-0.05, 0) is 24.3 Å². The first-order valence-corrected chi connectivity index (χ1v) is 7.30. The zero-order valence-electron chi connectivity index (χ0n) is 14.3. The van der Waals surface area contributed by atoms with Crippen LogP contribution in [0.5, 0.6) is 11.5 Å². The Morgan fingerprint density at radius 1 is 1.04 bits per heavy atom. The summed E-state index contributed by atoms with van der Waals surface area (Å²) in [5, 5.41) is 27.5. The van der Waals surface area contributed by atoms with Gasteiger partial charge in [0.15, 0.2) is 0 Å². The molecule has 0 amide bonds. The van der Waals surface area contributed by atoms with Crippen LogP contribution >= 0.6 is 0 Å². The van der Waals surface area contributed by atoms with Crippen LogP contribution in [0.15, 0.2) is 41.5 Å². The second kappa shape index (κ2) is 7.92. The largest absolute Gasteiger partial charge is 0.497 e. The van der Waals surface area contributed by atoms with E-state index >= 15 is 0 Å². The third kappa shape index (κ3) is 4.04. The fraction of sp³-hybridized carbons (Fsp3) is 0.188. The third-order valence-electron chi connectivity index (χ3n) is 3.52. The first-order valence-electron chi connectivity index (χ1n) is 7.30. The van der Waals surface area contributed by atoms with Crippen molar-refractivity contribution in [1.29, 1.82) is 0 Å². The summed E-state index contributed by atoms with van der Waals surface area (Å²) >= 11 is 0. The molecule has 26 heavy (non-hydrogen) atoms. The van der Waals surface area contributed by atoms with Crippen LogP contribution in [0.25, 0.3) is 0 Å². The lowest BCUT2D eigenvalue weighted by atomic mass is 10.2. The summed E-state index contributed by atoms with van der Waals surface area (Å²) in [6.45, 7) is 0. The Balaban J connectivity index is 2.38. The van der Waals surface area contributed by atoms with Crippen molar-refractivity contribution in [1.82, 2.24) is 0 Å². The van der Waals surface area contributed by atoms with E-state index in [1.165, 1.54) is 44.6 Å². The highest BCUT2D eigenvalue weighted by molar-refractivity contribution is 5.85. The Hall–Kier alpha value is -3.69. The average molecular weight is 360 g/mol. The molecule has 10 heteroatoms. The Morgan fingerprint density at radius 3 is 2.35 bits per heavy atom. The summed E-state index contributed by atoms with van der Waals surface area (Å²) in [6, 6.07) is 8.47. The topological polar surface area (TPSA) is 120 Å². The van der Waals surface area contributed by atoms with Crippen LogP contribution in [0, 0.1) is 20.2 Å². The summed E-state index contributed by atoms with van der Waals surface area (Å²) in [6.07, 6.45) is 1.45.